The van der Waals surface area contributed by atoms with E-state index in [4.69, 9.17) is 4.74 Å². The summed E-state index contributed by atoms with van der Waals surface area (Å²) in [7, 11) is 3.61. The summed E-state index contributed by atoms with van der Waals surface area (Å²) in [5.41, 5.74) is 1.59. The van der Waals surface area contributed by atoms with Crippen LogP contribution in [0.25, 0.3) is 0 Å². The molecule has 2 aliphatic rings. The number of rotatable bonds is 2. The van der Waals surface area contributed by atoms with Crippen LogP contribution in [0.15, 0.2) is 6.07 Å². The van der Waals surface area contributed by atoms with Gasteiger partial charge in [0, 0.05) is 26.2 Å². The number of nitrogens with zero attached hydrogens (tertiary/aromatic N) is 3. The van der Waals surface area contributed by atoms with Crippen molar-refractivity contribution in [2.75, 3.05) is 7.11 Å². The highest BCUT2D eigenvalue weighted by atomic mass is 16.5. The minimum absolute atomic E-state index is 0.130. The third kappa shape index (κ3) is 2.06. The number of amides is 1. The molecule has 0 spiro atoms. The predicted octanol–water partition coefficient (Wildman–Crippen LogP) is 1.51. The number of aryl methyl sites for hydroxylation is 2. The number of carbonyl (C=O) groups is 1. The highest BCUT2D eigenvalue weighted by molar-refractivity contribution is 5.93. The van der Waals surface area contributed by atoms with Gasteiger partial charge in [0.2, 0.25) is 0 Å². The van der Waals surface area contributed by atoms with Crippen LogP contribution in [0, 0.1) is 6.92 Å². The van der Waals surface area contributed by atoms with Crippen LogP contribution in [0.4, 0.5) is 0 Å². The van der Waals surface area contributed by atoms with Crippen LogP contribution >= 0.6 is 0 Å². The molecule has 0 radical (unpaired) electrons. The lowest BCUT2D eigenvalue weighted by atomic mass is 9.99. The van der Waals surface area contributed by atoms with E-state index in [9.17, 15) is 4.79 Å². The minimum atomic E-state index is 0.130. The first-order chi connectivity index (χ1) is 9.10. The lowest BCUT2D eigenvalue weighted by molar-refractivity contribution is 0.00771. The van der Waals surface area contributed by atoms with E-state index >= 15 is 0 Å². The first-order valence-corrected chi connectivity index (χ1v) is 6.96. The van der Waals surface area contributed by atoms with Gasteiger partial charge in [0.15, 0.2) is 0 Å². The van der Waals surface area contributed by atoms with Gasteiger partial charge in [-0.1, -0.05) is 0 Å². The van der Waals surface area contributed by atoms with Gasteiger partial charge in [0.05, 0.1) is 11.8 Å². The van der Waals surface area contributed by atoms with Crippen molar-refractivity contribution in [1.29, 1.82) is 0 Å². The van der Waals surface area contributed by atoms with E-state index in [2.05, 4.69) is 10.00 Å². The average Bonchev–Trinajstić information content (AvgIpc) is 2.85. The third-order valence-corrected chi connectivity index (χ3v) is 4.48. The largest absolute Gasteiger partial charge is 0.381 e. The van der Waals surface area contributed by atoms with Crippen LogP contribution in [0.3, 0.4) is 0 Å². The van der Waals surface area contributed by atoms with Crippen molar-refractivity contribution < 1.29 is 9.53 Å². The minimum Gasteiger partial charge on any atom is -0.381 e. The molecule has 2 fully saturated rings. The molecule has 1 aromatic heterocycles. The normalized spacial score (nSPS) is 29.8. The van der Waals surface area contributed by atoms with Crippen LogP contribution in [-0.2, 0) is 11.8 Å². The van der Waals surface area contributed by atoms with Crippen molar-refractivity contribution >= 4 is 5.91 Å². The van der Waals surface area contributed by atoms with Crippen LogP contribution in [-0.4, -0.2) is 45.9 Å². The number of piperidine rings is 1. The molecule has 0 aromatic carbocycles. The molecule has 3 rings (SSSR count). The Hall–Kier alpha value is -1.36. The van der Waals surface area contributed by atoms with Gasteiger partial charge in [-0.05, 0) is 38.7 Å². The van der Waals surface area contributed by atoms with Gasteiger partial charge in [-0.3, -0.25) is 9.48 Å². The molecule has 0 N–H and O–H groups in total. The Balaban J connectivity index is 1.84. The SMILES string of the molecule is COC1CC2CCC(C1)N2C(=O)c1cc(C)nn1C. The fraction of sp³-hybridized carbons (Fsp3) is 0.714. The summed E-state index contributed by atoms with van der Waals surface area (Å²) in [5.74, 6) is 0.130. The summed E-state index contributed by atoms with van der Waals surface area (Å²) in [4.78, 5) is 14.8. The molecular weight excluding hydrogens is 242 g/mol. The number of fused-ring (bicyclic) bond motifs is 2. The Kier molecular flexibility index (Phi) is 3.09. The van der Waals surface area contributed by atoms with E-state index in [1.165, 1.54) is 0 Å². The molecule has 2 saturated heterocycles. The van der Waals surface area contributed by atoms with Crippen LogP contribution < -0.4 is 0 Å². The van der Waals surface area contributed by atoms with Crippen LogP contribution in [0.1, 0.15) is 41.9 Å². The number of ether oxygens (including phenoxy) is 1. The Morgan fingerprint density at radius 2 is 2.00 bits per heavy atom. The van der Waals surface area contributed by atoms with Gasteiger partial charge in [0.25, 0.3) is 5.91 Å². The summed E-state index contributed by atoms with van der Waals surface area (Å²) in [6, 6.07) is 2.56. The zero-order valence-corrected chi connectivity index (χ0v) is 11.8. The Labute approximate surface area is 113 Å². The monoisotopic (exact) mass is 263 g/mol. The van der Waals surface area contributed by atoms with Crippen molar-refractivity contribution in [1.82, 2.24) is 14.7 Å². The van der Waals surface area contributed by atoms with Gasteiger partial charge in [-0.15, -0.1) is 0 Å². The maximum atomic E-state index is 12.7. The van der Waals surface area contributed by atoms with E-state index in [0.717, 1.165) is 31.4 Å². The maximum absolute atomic E-state index is 12.7. The molecule has 2 bridgehead atoms. The van der Waals surface area contributed by atoms with Crippen molar-refractivity contribution in [3.63, 3.8) is 0 Å². The average molecular weight is 263 g/mol. The Morgan fingerprint density at radius 1 is 1.37 bits per heavy atom. The molecule has 3 heterocycles. The van der Waals surface area contributed by atoms with Crippen molar-refractivity contribution in [2.45, 2.75) is 50.8 Å². The molecule has 2 aliphatic heterocycles. The van der Waals surface area contributed by atoms with E-state index < -0.39 is 0 Å². The first kappa shape index (κ1) is 12.7. The van der Waals surface area contributed by atoms with Gasteiger partial charge >= 0.3 is 0 Å². The summed E-state index contributed by atoms with van der Waals surface area (Å²) in [6.45, 7) is 1.92. The second kappa shape index (κ2) is 4.63. The molecule has 19 heavy (non-hydrogen) atoms. The molecule has 1 aromatic rings. The Morgan fingerprint density at radius 3 is 2.47 bits per heavy atom. The maximum Gasteiger partial charge on any atom is 0.272 e. The second-order valence-electron chi connectivity index (χ2n) is 5.72. The highest BCUT2D eigenvalue weighted by Gasteiger charge is 2.44. The summed E-state index contributed by atoms with van der Waals surface area (Å²) in [6.07, 6.45) is 4.46. The number of aromatic nitrogens is 2. The van der Waals surface area contributed by atoms with Gasteiger partial charge in [0.1, 0.15) is 5.69 Å². The number of methoxy groups -OCH3 is 1. The fourth-order valence-corrected chi connectivity index (χ4v) is 3.59. The molecule has 2 atom stereocenters. The fourth-order valence-electron chi connectivity index (χ4n) is 3.59. The topological polar surface area (TPSA) is 47.4 Å². The quantitative estimate of drug-likeness (QED) is 0.812. The molecule has 0 saturated carbocycles. The van der Waals surface area contributed by atoms with Crippen molar-refractivity contribution in [3.8, 4) is 0 Å². The van der Waals surface area contributed by atoms with Crippen molar-refractivity contribution in [3.05, 3.63) is 17.5 Å². The number of hydrogen-bond acceptors (Lipinski definition) is 3. The number of hydrogen-bond donors (Lipinski definition) is 0. The molecule has 5 nitrogen and oxygen atoms in total. The zero-order valence-electron chi connectivity index (χ0n) is 11.8. The smallest absolute Gasteiger partial charge is 0.272 e. The van der Waals surface area contributed by atoms with Crippen LogP contribution in [0.5, 0.6) is 0 Å². The molecule has 104 valence electrons. The first-order valence-electron chi connectivity index (χ1n) is 6.96. The lowest BCUT2D eigenvalue weighted by Gasteiger charge is -2.38. The summed E-state index contributed by atoms with van der Waals surface area (Å²) < 4.78 is 7.17. The number of carbonyl (C=O) groups excluding carboxylic acids is 1. The third-order valence-electron chi connectivity index (χ3n) is 4.48. The lowest BCUT2D eigenvalue weighted by Crippen LogP contribution is -2.48. The van der Waals surface area contributed by atoms with E-state index in [1.54, 1.807) is 11.8 Å². The van der Waals surface area contributed by atoms with E-state index in [-0.39, 0.29) is 5.91 Å². The zero-order chi connectivity index (χ0) is 13.6. The van der Waals surface area contributed by atoms with Gasteiger partial charge in [-0.25, -0.2) is 0 Å². The standard InChI is InChI=1S/C14H21N3O2/c1-9-6-13(16(2)15-9)14(18)17-10-4-5-11(17)8-12(7-10)19-3/h6,10-12H,4-5,7-8H2,1-3H3. The second-order valence-corrected chi connectivity index (χ2v) is 5.72. The summed E-state index contributed by atoms with van der Waals surface area (Å²) in [5, 5.41) is 4.27. The highest BCUT2D eigenvalue weighted by Crippen LogP contribution is 2.37. The van der Waals surface area contributed by atoms with E-state index in [0.29, 0.717) is 23.9 Å². The predicted molar refractivity (Wildman–Crippen MR) is 71.0 cm³/mol. The van der Waals surface area contributed by atoms with E-state index in [1.807, 2.05) is 20.0 Å². The molecule has 1 amide bonds. The molecule has 5 heteroatoms. The van der Waals surface area contributed by atoms with Gasteiger partial charge < -0.3 is 9.64 Å². The molecule has 0 aliphatic carbocycles. The molecular formula is C14H21N3O2. The summed E-state index contributed by atoms with van der Waals surface area (Å²) >= 11 is 0. The molecule has 2 unspecified atom stereocenters. The van der Waals surface area contributed by atoms with Crippen LogP contribution in [0.2, 0.25) is 0 Å². The van der Waals surface area contributed by atoms with Gasteiger partial charge in [-0.2, -0.15) is 5.10 Å². The Bertz CT molecular complexity index is 483. The van der Waals surface area contributed by atoms with Crippen molar-refractivity contribution in [2.24, 2.45) is 7.05 Å².